The van der Waals surface area contributed by atoms with Crippen molar-refractivity contribution in [3.8, 4) is 0 Å². The largest absolute Gasteiger partial charge is 0.457 e. The van der Waals surface area contributed by atoms with Crippen LogP contribution in [0.5, 0.6) is 0 Å². The summed E-state index contributed by atoms with van der Waals surface area (Å²) in [6.45, 7) is 13.4. The number of rotatable bonds is 10. The molecule has 5 rings (SSSR count). The zero-order chi connectivity index (χ0) is 28.7. The van der Waals surface area contributed by atoms with Crippen LogP contribution in [0.4, 0.5) is 4.79 Å². The first-order chi connectivity index (χ1) is 19.2. The second-order valence-corrected chi connectivity index (χ2v) is 12.9. The number of aliphatic hydroxyl groups is 1. The molecule has 1 N–H and O–H groups in total. The second-order valence-electron chi connectivity index (χ2n) is 10.4. The van der Waals surface area contributed by atoms with Crippen LogP contribution in [-0.2, 0) is 25.5 Å². The molecule has 10 nitrogen and oxygen atoms in total. The highest BCUT2D eigenvalue weighted by molar-refractivity contribution is 8.03. The maximum absolute atomic E-state index is 13.1. The molecule has 0 saturated carbocycles. The zero-order valence-corrected chi connectivity index (χ0v) is 24.5. The van der Waals surface area contributed by atoms with E-state index in [1.54, 1.807) is 29.2 Å². The summed E-state index contributed by atoms with van der Waals surface area (Å²) in [6, 6.07) is -0.414. The van der Waals surface area contributed by atoms with E-state index >= 15 is 0 Å². The number of imidazole rings is 1. The molecule has 0 unspecified atom stereocenters. The van der Waals surface area contributed by atoms with Gasteiger partial charge in [0.2, 0.25) is 5.91 Å². The van der Waals surface area contributed by atoms with E-state index in [-0.39, 0.29) is 48.1 Å². The lowest BCUT2D eigenvalue weighted by molar-refractivity contribution is -0.164. The highest BCUT2D eigenvalue weighted by atomic mass is 32.2. The SMILES string of the molecule is C=CCOC(=O)C1=C(S[C@H]2C[C@@H](Cc3cn4c(C)ncc4s3)N(C(=O)OCC=C)C2)[C@H](C)[C@@H]2[C@@H]([C@@H](C)O)C(=O)N12. The average Bonchev–Trinajstić information content (AvgIpc) is 3.65. The summed E-state index contributed by atoms with van der Waals surface area (Å²) in [7, 11) is 0. The summed E-state index contributed by atoms with van der Waals surface area (Å²) in [4.78, 5) is 49.7. The van der Waals surface area contributed by atoms with Crippen LogP contribution < -0.4 is 0 Å². The highest BCUT2D eigenvalue weighted by Gasteiger charge is 2.60. The lowest BCUT2D eigenvalue weighted by atomic mass is 9.79. The van der Waals surface area contributed by atoms with Crippen LogP contribution in [0.2, 0.25) is 0 Å². The molecule has 6 atom stereocenters. The number of hydrogen-bond donors (Lipinski definition) is 1. The van der Waals surface area contributed by atoms with Crippen LogP contribution >= 0.6 is 23.1 Å². The van der Waals surface area contributed by atoms with Crippen LogP contribution in [0.25, 0.3) is 4.83 Å². The van der Waals surface area contributed by atoms with Crippen molar-refractivity contribution in [3.05, 3.63) is 59.0 Å². The van der Waals surface area contributed by atoms with E-state index in [9.17, 15) is 19.5 Å². The first-order valence-electron chi connectivity index (χ1n) is 13.3. The number of likely N-dealkylation sites (tertiary alicyclic amines) is 1. The standard InChI is InChI=1S/C28H34N4O6S2/c1-6-8-37-27(35)24-25(15(3)23-22(16(4)33)26(34)32(23)24)40-20-11-18(31(14-20)28(36)38-9-7-2)10-19-13-30-17(5)29-12-21(30)39-19/h6-7,12-13,15-16,18,20,22-23,33H,1-2,8-11,14H2,3-5H3/t15-,16-,18-,20+,22-,23-/m1/s1. The number of esters is 1. The summed E-state index contributed by atoms with van der Waals surface area (Å²) >= 11 is 3.17. The molecule has 0 radical (unpaired) electrons. The van der Waals surface area contributed by atoms with Gasteiger partial charge in [-0.3, -0.25) is 9.20 Å². The molecule has 3 aliphatic heterocycles. The highest BCUT2D eigenvalue weighted by Crippen LogP contribution is 2.52. The average molecular weight is 587 g/mol. The summed E-state index contributed by atoms with van der Waals surface area (Å²) in [5, 5.41) is 10.2. The fourth-order valence-electron chi connectivity index (χ4n) is 5.94. The summed E-state index contributed by atoms with van der Waals surface area (Å²) < 4.78 is 12.8. The number of aliphatic hydroxyl groups excluding tert-OH is 1. The van der Waals surface area contributed by atoms with Gasteiger partial charge in [0.15, 0.2) is 0 Å². The molecular formula is C28H34N4O6S2. The van der Waals surface area contributed by atoms with Crippen LogP contribution in [0.1, 0.15) is 31.0 Å². The summed E-state index contributed by atoms with van der Waals surface area (Å²) in [5.74, 6) is -0.676. The number of carbonyl (C=O) groups excluding carboxylic acids is 3. The normalized spacial score (nSPS) is 26.6. The van der Waals surface area contributed by atoms with Gasteiger partial charge in [-0.15, -0.1) is 23.1 Å². The molecule has 5 heterocycles. The van der Waals surface area contributed by atoms with E-state index in [0.717, 1.165) is 20.4 Å². The van der Waals surface area contributed by atoms with E-state index in [2.05, 4.69) is 24.3 Å². The minimum absolute atomic E-state index is 0.0278. The van der Waals surface area contributed by atoms with E-state index in [0.29, 0.717) is 19.4 Å². The van der Waals surface area contributed by atoms with Crippen molar-refractivity contribution in [2.75, 3.05) is 19.8 Å². The number of thioether (sulfide) groups is 1. The first-order valence-corrected chi connectivity index (χ1v) is 15.0. The fourth-order valence-corrected chi connectivity index (χ4v) is 8.59. The molecule has 2 fully saturated rings. The molecule has 2 aromatic heterocycles. The lowest BCUT2D eigenvalue weighted by Crippen LogP contribution is -2.63. The molecular weight excluding hydrogens is 552 g/mol. The Morgan fingerprint density at radius 3 is 2.70 bits per heavy atom. The maximum Gasteiger partial charge on any atom is 0.410 e. The number of fused-ring (bicyclic) bond motifs is 2. The molecule has 214 valence electrons. The van der Waals surface area contributed by atoms with E-state index in [1.165, 1.54) is 22.7 Å². The van der Waals surface area contributed by atoms with Crippen molar-refractivity contribution >= 4 is 45.9 Å². The van der Waals surface area contributed by atoms with Crippen LogP contribution in [0.3, 0.4) is 0 Å². The van der Waals surface area contributed by atoms with Gasteiger partial charge in [0.25, 0.3) is 0 Å². The molecule has 2 saturated heterocycles. The fraction of sp³-hybridized carbons (Fsp3) is 0.500. The minimum atomic E-state index is -0.826. The topological polar surface area (TPSA) is 114 Å². The lowest BCUT2D eigenvalue weighted by Gasteiger charge is -2.46. The summed E-state index contributed by atoms with van der Waals surface area (Å²) in [5.41, 5.74) is 0.242. The zero-order valence-electron chi connectivity index (χ0n) is 22.8. The number of ether oxygens (including phenoxy) is 2. The third kappa shape index (κ3) is 4.97. The predicted octanol–water partition coefficient (Wildman–Crippen LogP) is 3.54. The first kappa shape index (κ1) is 28.4. The second kappa shape index (κ2) is 11.4. The quantitative estimate of drug-likeness (QED) is 0.256. The number of thiazole rings is 1. The Kier molecular flexibility index (Phi) is 8.12. The van der Waals surface area contributed by atoms with Crippen molar-refractivity contribution in [2.45, 2.75) is 57.1 Å². The monoisotopic (exact) mass is 586 g/mol. The Bertz CT molecular complexity index is 1380. The van der Waals surface area contributed by atoms with Crippen LogP contribution in [0.15, 0.2) is 48.3 Å². The third-order valence-corrected chi connectivity index (χ3v) is 10.3. The number of amides is 2. The Morgan fingerprint density at radius 2 is 2.02 bits per heavy atom. The van der Waals surface area contributed by atoms with Crippen LogP contribution in [-0.4, -0.2) is 85.5 Å². The van der Waals surface area contributed by atoms with Gasteiger partial charge in [0.1, 0.15) is 29.6 Å². The van der Waals surface area contributed by atoms with Gasteiger partial charge in [-0.25, -0.2) is 14.6 Å². The maximum atomic E-state index is 13.1. The van der Waals surface area contributed by atoms with Crippen molar-refractivity contribution in [1.82, 2.24) is 19.2 Å². The van der Waals surface area contributed by atoms with Gasteiger partial charge < -0.3 is 24.4 Å². The number of nitrogens with zero attached hydrogens (tertiary/aromatic N) is 4. The molecule has 2 amide bonds. The molecule has 0 aromatic carbocycles. The molecule has 12 heteroatoms. The van der Waals surface area contributed by atoms with Crippen molar-refractivity contribution in [2.24, 2.45) is 11.8 Å². The molecule has 0 bridgehead atoms. The minimum Gasteiger partial charge on any atom is -0.457 e. The van der Waals surface area contributed by atoms with Gasteiger partial charge >= 0.3 is 12.1 Å². The molecule has 0 spiro atoms. The van der Waals surface area contributed by atoms with Gasteiger partial charge in [-0.05, 0) is 20.3 Å². The van der Waals surface area contributed by atoms with E-state index < -0.39 is 24.1 Å². The molecule has 3 aliphatic rings. The smallest absolute Gasteiger partial charge is 0.410 e. The van der Waals surface area contributed by atoms with Crippen LogP contribution in [0, 0.1) is 18.8 Å². The molecule has 0 aliphatic carbocycles. The third-order valence-electron chi connectivity index (χ3n) is 7.76. The Hall–Kier alpha value is -3.09. The number of hydrogen-bond acceptors (Lipinski definition) is 9. The predicted molar refractivity (Wildman–Crippen MR) is 153 cm³/mol. The Morgan fingerprint density at radius 1 is 1.30 bits per heavy atom. The van der Waals surface area contributed by atoms with Gasteiger partial charge in [-0.2, -0.15) is 0 Å². The van der Waals surface area contributed by atoms with Crippen molar-refractivity contribution < 1.29 is 29.0 Å². The van der Waals surface area contributed by atoms with Gasteiger partial charge in [0.05, 0.1) is 24.3 Å². The van der Waals surface area contributed by atoms with Gasteiger partial charge in [0, 0.05) is 46.2 Å². The van der Waals surface area contributed by atoms with Gasteiger partial charge in [-0.1, -0.05) is 32.2 Å². The van der Waals surface area contributed by atoms with E-state index in [1.807, 2.05) is 24.4 Å². The number of aromatic nitrogens is 2. The number of β-lactam (4-membered cyclic amide) rings is 1. The summed E-state index contributed by atoms with van der Waals surface area (Å²) in [6.07, 6.45) is 7.05. The molecule has 40 heavy (non-hydrogen) atoms. The Balaban J connectivity index is 1.40. The van der Waals surface area contributed by atoms with Crippen molar-refractivity contribution in [1.29, 1.82) is 0 Å². The van der Waals surface area contributed by atoms with E-state index in [4.69, 9.17) is 9.47 Å². The number of carbonyl (C=O) groups is 3. The molecule has 2 aromatic rings. The van der Waals surface area contributed by atoms with Crippen molar-refractivity contribution in [3.63, 3.8) is 0 Å². The Labute approximate surface area is 241 Å². The number of aryl methyl sites for hydroxylation is 1.